The predicted octanol–water partition coefficient (Wildman–Crippen LogP) is 4.17. The Kier molecular flexibility index (Phi) is 5.27. The largest absolute Gasteiger partial charge is 0.432 e. The molecular formula is C25H35FO5. The number of esters is 1. The maximum atomic E-state index is 15.5. The lowest BCUT2D eigenvalue weighted by Crippen LogP contribution is -2.59. The predicted molar refractivity (Wildman–Crippen MR) is 112 cm³/mol. The molecule has 0 heterocycles. The van der Waals surface area contributed by atoms with E-state index < -0.39 is 34.7 Å². The first-order valence-electron chi connectivity index (χ1n) is 11.7. The summed E-state index contributed by atoms with van der Waals surface area (Å²) in [5.74, 6) is -3.17. The number of rotatable bonds is 3. The highest BCUT2D eigenvalue weighted by atomic mass is 19.1. The lowest BCUT2D eigenvalue weighted by atomic mass is 9.46. The zero-order valence-electron chi connectivity index (χ0n) is 19.2. The fraction of sp³-hybridized carbons (Fsp3) is 0.800. The van der Waals surface area contributed by atoms with Crippen LogP contribution in [-0.4, -0.2) is 34.6 Å². The maximum absolute atomic E-state index is 15.5. The second-order valence-electron chi connectivity index (χ2n) is 11.0. The Morgan fingerprint density at radius 2 is 1.94 bits per heavy atom. The molecule has 1 N–H and O–H groups in total. The summed E-state index contributed by atoms with van der Waals surface area (Å²) in [4.78, 5) is 36.7. The molecule has 0 spiro atoms. The van der Waals surface area contributed by atoms with E-state index >= 15 is 4.39 Å². The van der Waals surface area contributed by atoms with Crippen molar-refractivity contribution in [1.82, 2.24) is 0 Å². The molecule has 9 atom stereocenters. The monoisotopic (exact) mass is 434 g/mol. The lowest BCUT2D eigenvalue weighted by Gasteiger charge is -2.59. The first-order valence-corrected chi connectivity index (χ1v) is 11.7. The third kappa shape index (κ3) is 3.00. The number of allylic oxidation sites excluding steroid dienone is 1. The molecule has 5 nitrogen and oxygen atoms in total. The average molecular weight is 435 g/mol. The van der Waals surface area contributed by atoms with Gasteiger partial charge in [0.1, 0.15) is 12.0 Å². The van der Waals surface area contributed by atoms with Crippen LogP contribution in [0.2, 0.25) is 0 Å². The number of ketones is 2. The van der Waals surface area contributed by atoms with Crippen molar-refractivity contribution < 1.29 is 28.6 Å². The number of carbonyl (C=O) groups is 3. The first-order chi connectivity index (χ1) is 14.4. The molecule has 3 saturated carbocycles. The van der Waals surface area contributed by atoms with Crippen molar-refractivity contribution in [3.05, 3.63) is 11.6 Å². The molecule has 0 saturated heterocycles. The van der Waals surface area contributed by atoms with Crippen LogP contribution in [0.1, 0.15) is 73.1 Å². The second kappa shape index (κ2) is 7.23. The Morgan fingerprint density at radius 3 is 2.55 bits per heavy atom. The van der Waals surface area contributed by atoms with E-state index in [1.54, 1.807) is 6.92 Å². The van der Waals surface area contributed by atoms with E-state index in [4.69, 9.17) is 4.74 Å². The van der Waals surface area contributed by atoms with Gasteiger partial charge in [0.2, 0.25) is 5.79 Å². The third-order valence-electron chi connectivity index (χ3n) is 9.53. The van der Waals surface area contributed by atoms with E-state index in [0.717, 1.165) is 6.42 Å². The number of hydrogen-bond donors (Lipinski definition) is 1. The number of hydrogen-bond acceptors (Lipinski definition) is 5. The smallest absolute Gasteiger partial charge is 0.308 e. The molecule has 0 aromatic carbocycles. The molecule has 31 heavy (non-hydrogen) atoms. The summed E-state index contributed by atoms with van der Waals surface area (Å²) in [5, 5.41) is 11.6. The molecule has 0 aromatic heterocycles. The summed E-state index contributed by atoms with van der Waals surface area (Å²) >= 11 is 0. The zero-order valence-corrected chi connectivity index (χ0v) is 19.2. The van der Waals surface area contributed by atoms with Gasteiger partial charge < -0.3 is 9.84 Å². The molecule has 3 fully saturated rings. The minimum absolute atomic E-state index is 0.00788. The summed E-state index contributed by atoms with van der Waals surface area (Å²) in [6.07, 6.45) is 3.14. The van der Waals surface area contributed by atoms with Gasteiger partial charge in [0.05, 0.1) is 5.92 Å². The molecule has 172 valence electrons. The van der Waals surface area contributed by atoms with Gasteiger partial charge in [-0.05, 0) is 73.8 Å². The quantitative estimate of drug-likeness (QED) is 0.410. The fourth-order valence-electron chi connectivity index (χ4n) is 7.76. The van der Waals surface area contributed by atoms with Gasteiger partial charge in [0, 0.05) is 17.8 Å². The summed E-state index contributed by atoms with van der Waals surface area (Å²) < 4.78 is 21.2. The van der Waals surface area contributed by atoms with Gasteiger partial charge in [-0.25, -0.2) is 4.39 Å². The van der Waals surface area contributed by atoms with Gasteiger partial charge in [-0.2, -0.15) is 0 Å². The van der Waals surface area contributed by atoms with Gasteiger partial charge >= 0.3 is 5.97 Å². The van der Waals surface area contributed by atoms with E-state index in [1.165, 1.54) is 13.0 Å². The highest BCUT2D eigenvalue weighted by Crippen LogP contribution is 2.69. The molecule has 4 rings (SSSR count). The van der Waals surface area contributed by atoms with E-state index in [9.17, 15) is 19.5 Å². The van der Waals surface area contributed by atoms with Gasteiger partial charge in [0.25, 0.3) is 0 Å². The highest BCUT2D eigenvalue weighted by molar-refractivity contribution is 6.08. The van der Waals surface area contributed by atoms with Gasteiger partial charge in [-0.15, -0.1) is 0 Å². The Morgan fingerprint density at radius 1 is 1.26 bits per heavy atom. The average Bonchev–Trinajstić information content (AvgIpc) is 2.89. The number of halogens is 1. The lowest BCUT2D eigenvalue weighted by molar-refractivity contribution is -0.279. The summed E-state index contributed by atoms with van der Waals surface area (Å²) in [6.45, 7) is 9.08. The van der Waals surface area contributed by atoms with Crippen molar-refractivity contribution in [2.24, 2.45) is 40.4 Å². The van der Waals surface area contributed by atoms with Crippen molar-refractivity contribution in [1.29, 1.82) is 0 Å². The molecule has 4 unspecified atom stereocenters. The summed E-state index contributed by atoms with van der Waals surface area (Å²) in [6, 6.07) is 0. The molecule has 0 radical (unpaired) electrons. The number of alkyl halides is 1. The van der Waals surface area contributed by atoms with E-state index in [1.807, 2.05) is 20.8 Å². The van der Waals surface area contributed by atoms with Crippen molar-refractivity contribution in [3.63, 3.8) is 0 Å². The topological polar surface area (TPSA) is 80.7 Å². The van der Waals surface area contributed by atoms with Crippen molar-refractivity contribution >= 4 is 17.5 Å². The van der Waals surface area contributed by atoms with Crippen LogP contribution in [0.15, 0.2) is 11.6 Å². The van der Waals surface area contributed by atoms with Crippen LogP contribution in [0.3, 0.4) is 0 Å². The fourth-order valence-corrected chi connectivity index (χ4v) is 7.76. The number of fused-ring (bicyclic) bond motifs is 5. The highest BCUT2D eigenvalue weighted by Gasteiger charge is 2.69. The molecule has 6 heteroatoms. The second-order valence-corrected chi connectivity index (χ2v) is 11.0. The van der Waals surface area contributed by atoms with Crippen LogP contribution < -0.4 is 0 Å². The summed E-state index contributed by atoms with van der Waals surface area (Å²) in [7, 11) is 0. The van der Waals surface area contributed by atoms with Crippen LogP contribution in [0.5, 0.6) is 0 Å². The van der Waals surface area contributed by atoms with Gasteiger partial charge in [-0.1, -0.05) is 27.7 Å². The maximum Gasteiger partial charge on any atom is 0.308 e. The standard InChI is InChI=1S/C25H35FO5/c1-6-22(29)31-25(30)13(2)9-18-15-10-20(26)19-11-21(28)16(14(3)27)12-23(19,4)17(15)7-8-24(18,25)5/h11,13,15-18,20,30H,6-10,12H2,1-5H3/t13?,15-,16?,17-,18+,20?,23-,24+,25?/m1/s1. The van der Waals surface area contributed by atoms with Crippen molar-refractivity contribution in [2.45, 2.75) is 85.1 Å². The van der Waals surface area contributed by atoms with Crippen LogP contribution in [0.25, 0.3) is 0 Å². The first kappa shape index (κ1) is 22.6. The Hall–Kier alpha value is -1.56. The number of ether oxygens (including phenoxy) is 1. The SMILES string of the molecule is CCC(=O)OC1(O)C(C)C[C@H]2[C@@H]3CC(F)C4=CC(=O)C(C(C)=O)C[C@]4(C)[C@@H]3CC[C@@]21C. The number of aliphatic hydroxyl groups is 1. The number of carbonyl (C=O) groups excluding carboxylic acids is 3. The molecule has 0 aromatic rings. The third-order valence-corrected chi connectivity index (χ3v) is 9.53. The number of Topliss-reactive ketones (excluding diaryl/α,β-unsaturated/α-hetero) is 1. The summed E-state index contributed by atoms with van der Waals surface area (Å²) in [5.41, 5.74) is -0.628. The Labute approximate surface area is 183 Å². The normalized spacial score (nSPS) is 48.9. The van der Waals surface area contributed by atoms with Crippen LogP contribution in [0.4, 0.5) is 4.39 Å². The van der Waals surface area contributed by atoms with Crippen molar-refractivity contribution in [3.8, 4) is 0 Å². The molecule has 0 amide bonds. The molecule has 4 aliphatic rings. The molecule has 0 aliphatic heterocycles. The van der Waals surface area contributed by atoms with E-state index in [2.05, 4.69) is 0 Å². The van der Waals surface area contributed by atoms with Gasteiger partial charge in [0.15, 0.2) is 5.78 Å². The van der Waals surface area contributed by atoms with E-state index in [-0.39, 0.29) is 41.7 Å². The Balaban J connectivity index is 1.72. The molecular weight excluding hydrogens is 399 g/mol. The van der Waals surface area contributed by atoms with Crippen LogP contribution in [-0.2, 0) is 19.1 Å². The minimum atomic E-state index is -1.55. The van der Waals surface area contributed by atoms with Crippen molar-refractivity contribution in [2.75, 3.05) is 0 Å². The van der Waals surface area contributed by atoms with Crippen LogP contribution >= 0.6 is 0 Å². The zero-order chi connectivity index (χ0) is 22.9. The van der Waals surface area contributed by atoms with E-state index in [0.29, 0.717) is 31.3 Å². The molecule has 0 bridgehead atoms. The molecule has 4 aliphatic carbocycles. The van der Waals surface area contributed by atoms with Gasteiger partial charge in [-0.3, -0.25) is 14.4 Å². The minimum Gasteiger partial charge on any atom is -0.432 e. The van der Waals surface area contributed by atoms with Crippen LogP contribution in [0, 0.1) is 40.4 Å². The Bertz CT molecular complexity index is 851.